The maximum Gasteiger partial charge on any atom is 0.227 e. The predicted octanol–water partition coefficient (Wildman–Crippen LogP) is 2.15. The number of nitrogens with two attached hydrogens (primary N) is 1. The van der Waals surface area contributed by atoms with Gasteiger partial charge in [-0.25, -0.2) is 0 Å². The van der Waals surface area contributed by atoms with Gasteiger partial charge in [-0.15, -0.1) is 11.3 Å². The molecule has 0 radical (unpaired) electrons. The molecule has 3 nitrogen and oxygen atoms in total. The first-order valence-electron chi connectivity index (χ1n) is 6.54. The van der Waals surface area contributed by atoms with Crippen LogP contribution in [0.5, 0.6) is 0 Å². The first-order valence-corrected chi connectivity index (χ1v) is 7.42. The minimum absolute atomic E-state index is 0.0380. The number of hydrogen-bond acceptors (Lipinski definition) is 3. The molecule has 96 valence electrons. The Labute approximate surface area is 111 Å². The van der Waals surface area contributed by atoms with Crippen LogP contribution in [0.3, 0.4) is 0 Å². The van der Waals surface area contributed by atoms with Crippen LogP contribution < -0.4 is 11.1 Å². The molecular formula is C14H18N2OS. The predicted molar refractivity (Wildman–Crippen MR) is 73.4 cm³/mol. The van der Waals surface area contributed by atoms with Crippen molar-refractivity contribution in [2.45, 2.75) is 37.8 Å². The quantitative estimate of drug-likeness (QED) is 0.802. The van der Waals surface area contributed by atoms with E-state index >= 15 is 0 Å². The Kier molecular flexibility index (Phi) is 3.22. The first kappa shape index (κ1) is 11.9. The van der Waals surface area contributed by atoms with Crippen molar-refractivity contribution in [3.63, 3.8) is 0 Å². The van der Waals surface area contributed by atoms with Gasteiger partial charge in [-0.1, -0.05) is 12.2 Å². The molecule has 0 spiro atoms. The third-order valence-electron chi connectivity index (χ3n) is 3.82. The monoisotopic (exact) mass is 262 g/mol. The largest absolute Gasteiger partial charge is 0.349 e. The van der Waals surface area contributed by atoms with Crippen LogP contribution in [-0.4, -0.2) is 11.9 Å². The summed E-state index contributed by atoms with van der Waals surface area (Å²) < 4.78 is 0. The lowest BCUT2D eigenvalue weighted by molar-refractivity contribution is -0.124. The zero-order valence-electron chi connectivity index (χ0n) is 10.3. The van der Waals surface area contributed by atoms with Crippen LogP contribution >= 0.6 is 11.3 Å². The molecule has 2 aliphatic carbocycles. The molecule has 1 heterocycles. The number of thiophene rings is 1. The van der Waals surface area contributed by atoms with E-state index < -0.39 is 0 Å². The smallest absolute Gasteiger partial charge is 0.227 e. The first-order chi connectivity index (χ1) is 8.74. The van der Waals surface area contributed by atoms with Crippen molar-refractivity contribution in [2.24, 2.45) is 11.7 Å². The van der Waals surface area contributed by atoms with Crippen molar-refractivity contribution in [2.75, 3.05) is 0 Å². The Bertz CT molecular complexity index is 480. The number of carbonyl (C=O) groups is 1. The molecule has 0 bridgehead atoms. The van der Waals surface area contributed by atoms with Gasteiger partial charge in [0.25, 0.3) is 0 Å². The molecule has 4 heteroatoms. The van der Waals surface area contributed by atoms with Crippen molar-refractivity contribution in [3.8, 4) is 0 Å². The van der Waals surface area contributed by atoms with Crippen LogP contribution in [0, 0.1) is 5.92 Å². The van der Waals surface area contributed by atoms with E-state index in [1.165, 1.54) is 16.9 Å². The summed E-state index contributed by atoms with van der Waals surface area (Å²) in [7, 11) is 0. The Morgan fingerprint density at radius 3 is 3.11 bits per heavy atom. The summed E-state index contributed by atoms with van der Waals surface area (Å²) in [5.41, 5.74) is 7.12. The van der Waals surface area contributed by atoms with Gasteiger partial charge in [-0.3, -0.25) is 4.79 Å². The molecule has 1 amide bonds. The van der Waals surface area contributed by atoms with Gasteiger partial charge < -0.3 is 11.1 Å². The van der Waals surface area contributed by atoms with E-state index in [1.807, 2.05) is 12.2 Å². The summed E-state index contributed by atoms with van der Waals surface area (Å²) >= 11 is 1.80. The van der Waals surface area contributed by atoms with Gasteiger partial charge in [0.15, 0.2) is 0 Å². The Balaban J connectivity index is 1.68. The fourth-order valence-corrected chi connectivity index (χ4v) is 3.82. The highest BCUT2D eigenvalue weighted by Gasteiger charge is 2.27. The van der Waals surface area contributed by atoms with Crippen molar-refractivity contribution in [1.82, 2.24) is 5.32 Å². The molecule has 0 aromatic carbocycles. The minimum Gasteiger partial charge on any atom is -0.349 e. The fraction of sp³-hybridized carbons (Fsp3) is 0.500. The lowest BCUT2D eigenvalue weighted by Gasteiger charge is -2.25. The topological polar surface area (TPSA) is 55.1 Å². The standard InChI is InChI=1S/C14H18N2OS/c15-10-5-4-9(8-10)14(17)16-12-2-1-3-13-11(12)6-7-18-13/h4-7,9-10,12H,1-3,8,15H2,(H,16,17). The third-order valence-corrected chi connectivity index (χ3v) is 4.82. The van der Waals surface area contributed by atoms with E-state index in [9.17, 15) is 4.79 Å². The molecular weight excluding hydrogens is 244 g/mol. The molecule has 2 aliphatic rings. The van der Waals surface area contributed by atoms with Crippen LogP contribution in [0.4, 0.5) is 0 Å². The molecule has 0 saturated heterocycles. The average Bonchev–Trinajstić information content (AvgIpc) is 2.97. The average molecular weight is 262 g/mol. The molecule has 1 aromatic heterocycles. The SMILES string of the molecule is NC1C=CC(C(=O)NC2CCCc3sccc32)C1. The lowest BCUT2D eigenvalue weighted by atomic mass is 9.93. The summed E-state index contributed by atoms with van der Waals surface area (Å²) in [6.45, 7) is 0. The van der Waals surface area contributed by atoms with Crippen molar-refractivity contribution in [3.05, 3.63) is 34.0 Å². The molecule has 18 heavy (non-hydrogen) atoms. The Morgan fingerprint density at radius 2 is 2.33 bits per heavy atom. The molecule has 3 atom stereocenters. The van der Waals surface area contributed by atoms with E-state index in [4.69, 9.17) is 5.73 Å². The summed E-state index contributed by atoms with van der Waals surface area (Å²) in [5, 5.41) is 5.31. The fourth-order valence-electron chi connectivity index (χ4n) is 2.84. The van der Waals surface area contributed by atoms with E-state index in [1.54, 1.807) is 11.3 Å². The van der Waals surface area contributed by atoms with E-state index in [0.717, 1.165) is 19.3 Å². The second-order valence-electron chi connectivity index (χ2n) is 5.14. The number of amides is 1. The van der Waals surface area contributed by atoms with Gasteiger partial charge in [-0.05, 0) is 42.7 Å². The van der Waals surface area contributed by atoms with Crippen LogP contribution in [0.2, 0.25) is 0 Å². The number of rotatable bonds is 2. The maximum absolute atomic E-state index is 12.2. The highest BCUT2D eigenvalue weighted by atomic mass is 32.1. The molecule has 3 N–H and O–H groups in total. The zero-order chi connectivity index (χ0) is 12.5. The highest BCUT2D eigenvalue weighted by molar-refractivity contribution is 7.10. The van der Waals surface area contributed by atoms with Crippen molar-refractivity contribution in [1.29, 1.82) is 0 Å². The summed E-state index contributed by atoms with van der Waals surface area (Å²) in [4.78, 5) is 13.6. The highest BCUT2D eigenvalue weighted by Crippen LogP contribution is 2.33. The summed E-state index contributed by atoms with van der Waals surface area (Å²) in [5.74, 6) is 0.0901. The number of nitrogens with one attached hydrogen (secondary N) is 1. The van der Waals surface area contributed by atoms with Gasteiger partial charge in [0.2, 0.25) is 5.91 Å². The minimum atomic E-state index is -0.0380. The second-order valence-corrected chi connectivity index (χ2v) is 6.14. The molecule has 3 rings (SSSR count). The Morgan fingerprint density at radius 1 is 1.44 bits per heavy atom. The Hall–Kier alpha value is -1.13. The number of aryl methyl sites for hydroxylation is 1. The molecule has 0 saturated carbocycles. The second kappa shape index (κ2) is 4.86. The normalized spacial score (nSPS) is 30.2. The van der Waals surface area contributed by atoms with Gasteiger partial charge in [0.05, 0.1) is 12.0 Å². The zero-order valence-corrected chi connectivity index (χ0v) is 11.1. The van der Waals surface area contributed by atoms with E-state index in [0.29, 0.717) is 0 Å². The van der Waals surface area contributed by atoms with Gasteiger partial charge in [-0.2, -0.15) is 0 Å². The number of carbonyl (C=O) groups excluding carboxylic acids is 1. The number of fused-ring (bicyclic) bond motifs is 1. The van der Waals surface area contributed by atoms with Crippen molar-refractivity contribution < 1.29 is 4.79 Å². The maximum atomic E-state index is 12.2. The van der Waals surface area contributed by atoms with Crippen molar-refractivity contribution >= 4 is 17.2 Å². The molecule has 1 aromatic rings. The lowest BCUT2D eigenvalue weighted by Crippen LogP contribution is -2.35. The van der Waals surface area contributed by atoms with Crippen LogP contribution in [0.15, 0.2) is 23.6 Å². The van der Waals surface area contributed by atoms with Crippen LogP contribution in [0.1, 0.15) is 35.7 Å². The van der Waals surface area contributed by atoms with Crippen LogP contribution in [0.25, 0.3) is 0 Å². The third kappa shape index (κ3) is 2.22. The molecule has 0 fully saturated rings. The van der Waals surface area contributed by atoms with Gasteiger partial charge in [0, 0.05) is 10.9 Å². The molecule has 3 unspecified atom stereocenters. The van der Waals surface area contributed by atoms with Crippen LogP contribution in [-0.2, 0) is 11.2 Å². The summed E-state index contributed by atoms with van der Waals surface area (Å²) in [6, 6.07) is 2.40. The van der Waals surface area contributed by atoms with E-state index in [2.05, 4.69) is 16.8 Å². The summed E-state index contributed by atoms with van der Waals surface area (Å²) in [6.07, 6.45) is 8.00. The molecule has 0 aliphatic heterocycles. The van der Waals surface area contributed by atoms with E-state index in [-0.39, 0.29) is 23.9 Å². The van der Waals surface area contributed by atoms with Gasteiger partial charge in [0.1, 0.15) is 0 Å². The number of hydrogen-bond donors (Lipinski definition) is 2. The van der Waals surface area contributed by atoms with Gasteiger partial charge >= 0.3 is 0 Å².